The molecule has 1 unspecified atom stereocenters. The van der Waals surface area contributed by atoms with Gasteiger partial charge in [0.05, 0.1) is 12.7 Å². The SMILES string of the molecule is CN1CCN(CC(O)CO)CC1. The Morgan fingerprint density at radius 3 is 2.33 bits per heavy atom. The summed E-state index contributed by atoms with van der Waals surface area (Å²) in [6, 6.07) is 0. The largest absolute Gasteiger partial charge is 0.394 e. The highest BCUT2D eigenvalue weighted by Gasteiger charge is 2.15. The standard InChI is InChI=1S/C8H18N2O2/c1-9-2-4-10(5-3-9)6-8(12)7-11/h8,11-12H,2-7H2,1H3. The zero-order chi connectivity index (χ0) is 8.97. The zero-order valence-corrected chi connectivity index (χ0v) is 7.61. The third-order valence-corrected chi connectivity index (χ3v) is 2.28. The molecule has 0 spiro atoms. The molecule has 0 radical (unpaired) electrons. The van der Waals surface area contributed by atoms with Gasteiger partial charge in [-0.05, 0) is 7.05 Å². The highest BCUT2D eigenvalue weighted by molar-refractivity contribution is 4.71. The summed E-state index contributed by atoms with van der Waals surface area (Å²) in [6.07, 6.45) is -0.576. The van der Waals surface area contributed by atoms with Gasteiger partial charge in [-0.3, -0.25) is 4.90 Å². The number of rotatable bonds is 3. The van der Waals surface area contributed by atoms with Crippen LogP contribution in [-0.4, -0.2) is 72.5 Å². The third kappa shape index (κ3) is 3.06. The molecule has 0 aromatic rings. The minimum absolute atomic E-state index is 0.133. The van der Waals surface area contributed by atoms with Crippen LogP contribution in [0.3, 0.4) is 0 Å². The van der Waals surface area contributed by atoms with Gasteiger partial charge in [-0.15, -0.1) is 0 Å². The van der Waals surface area contributed by atoms with Gasteiger partial charge in [-0.25, -0.2) is 0 Å². The van der Waals surface area contributed by atoms with Crippen LogP contribution in [0.25, 0.3) is 0 Å². The smallest absolute Gasteiger partial charge is 0.0897 e. The molecule has 2 N–H and O–H groups in total. The second-order valence-corrected chi connectivity index (χ2v) is 3.44. The van der Waals surface area contributed by atoms with Crippen LogP contribution in [0, 0.1) is 0 Å². The Morgan fingerprint density at radius 1 is 1.25 bits per heavy atom. The molecule has 0 bridgehead atoms. The molecule has 0 amide bonds. The molecule has 0 aromatic heterocycles. The predicted molar refractivity (Wildman–Crippen MR) is 47.0 cm³/mol. The molecule has 1 rings (SSSR count). The normalized spacial score (nSPS) is 24.2. The van der Waals surface area contributed by atoms with E-state index in [2.05, 4.69) is 16.8 Å². The van der Waals surface area contributed by atoms with Crippen molar-refractivity contribution in [3.05, 3.63) is 0 Å². The molecule has 4 heteroatoms. The van der Waals surface area contributed by atoms with Crippen molar-refractivity contribution in [1.29, 1.82) is 0 Å². The van der Waals surface area contributed by atoms with Gasteiger partial charge in [-0.2, -0.15) is 0 Å². The molecule has 72 valence electrons. The predicted octanol–water partition coefficient (Wildman–Crippen LogP) is -1.41. The van der Waals surface area contributed by atoms with Crippen LogP contribution in [0.4, 0.5) is 0 Å². The lowest BCUT2D eigenvalue weighted by Crippen LogP contribution is -2.47. The maximum Gasteiger partial charge on any atom is 0.0897 e. The first-order valence-electron chi connectivity index (χ1n) is 4.42. The average molecular weight is 174 g/mol. The summed E-state index contributed by atoms with van der Waals surface area (Å²) in [5.41, 5.74) is 0. The lowest BCUT2D eigenvalue weighted by Gasteiger charge is -2.33. The van der Waals surface area contributed by atoms with E-state index in [-0.39, 0.29) is 6.61 Å². The first kappa shape index (κ1) is 9.92. The number of piperazine rings is 1. The van der Waals surface area contributed by atoms with Gasteiger partial charge < -0.3 is 15.1 Å². The Balaban J connectivity index is 2.17. The number of likely N-dealkylation sites (N-methyl/N-ethyl adjacent to an activating group) is 1. The van der Waals surface area contributed by atoms with Crippen molar-refractivity contribution in [2.24, 2.45) is 0 Å². The van der Waals surface area contributed by atoms with Crippen LogP contribution in [-0.2, 0) is 0 Å². The highest BCUT2D eigenvalue weighted by Crippen LogP contribution is 1.99. The molecule has 1 fully saturated rings. The molecule has 1 atom stereocenters. The van der Waals surface area contributed by atoms with Crippen LogP contribution < -0.4 is 0 Å². The second-order valence-electron chi connectivity index (χ2n) is 3.44. The second kappa shape index (κ2) is 4.77. The fourth-order valence-electron chi connectivity index (χ4n) is 1.39. The lowest BCUT2D eigenvalue weighted by atomic mass is 10.3. The van der Waals surface area contributed by atoms with Crippen molar-refractivity contribution in [1.82, 2.24) is 9.80 Å². The minimum Gasteiger partial charge on any atom is -0.394 e. The third-order valence-electron chi connectivity index (χ3n) is 2.28. The minimum atomic E-state index is -0.576. The van der Waals surface area contributed by atoms with Crippen molar-refractivity contribution in [2.45, 2.75) is 6.10 Å². The fraction of sp³-hybridized carbons (Fsp3) is 1.00. The van der Waals surface area contributed by atoms with E-state index in [1.165, 1.54) is 0 Å². The summed E-state index contributed by atoms with van der Waals surface area (Å²) in [5, 5.41) is 17.8. The molecule has 4 nitrogen and oxygen atoms in total. The topological polar surface area (TPSA) is 46.9 Å². The van der Waals surface area contributed by atoms with Gasteiger partial charge in [0.2, 0.25) is 0 Å². The van der Waals surface area contributed by atoms with Gasteiger partial charge in [0.25, 0.3) is 0 Å². The van der Waals surface area contributed by atoms with Crippen LogP contribution in [0.1, 0.15) is 0 Å². The molecule has 0 saturated carbocycles. The van der Waals surface area contributed by atoms with Gasteiger partial charge in [0, 0.05) is 32.7 Å². The van der Waals surface area contributed by atoms with Gasteiger partial charge >= 0.3 is 0 Å². The zero-order valence-electron chi connectivity index (χ0n) is 7.61. The molecule has 1 saturated heterocycles. The van der Waals surface area contributed by atoms with Crippen LogP contribution >= 0.6 is 0 Å². The van der Waals surface area contributed by atoms with Gasteiger partial charge in [0.15, 0.2) is 0 Å². The van der Waals surface area contributed by atoms with Crippen molar-refractivity contribution >= 4 is 0 Å². The van der Waals surface area contributed by atoms with E-state index in [1.54, 1.807) is 0 Å². The summed E-state index contributed by atoms with van der Waals surface area (Å²) < 4.78 is 0. The van der Waals surface area contributed by atoms with E-state index >= 15 is 0 Å². The molecule has 1 aliphatic rings. The first-order chi connectivity index (χ1) is 5.72. The average Bonchev–Trinajstić information content (AvgIpc) is 2.09. The van der Waals surface area contributed by atoms with Crippen molar-refractivity contribution in [2.75, 3.05) is 46.4 Å². The van der Waals surface area contributed by atoms with Crippen LogP contribution in [0.2, 0.25) is 0 Å². The number of aliphatic hydroxyl groups is 2. The molecular formula is C8H18N2O2. The van der Waals surface area contributed by atoms with E-state index in [4.69, 9.17) is 5.11 Å². The molecule has 1 heterocycles. The number of aliphatic hydroxyl groups excluding tert-OH is 2. The number of β-amino-alcohol motifs (C(OH)–C–C–N with tert-alkyl or cyclic N) is 1. The van der Waals surface area contributed by atoms with Gasteiger partial charge in [-0.1, -0.05) is 0 Å². The Labute approximate surface area is 73.4 Å². The number of nitrogens with zero attached hydrogens (tertiary/aromatic N) is 2. The van der Waals surface area contributed by atoms with E-state index in [1.807, 2.05) is 0 Å². The summed E-state index contributed by atoms with van der Waals surface area (Å²) in [6.45, 7) is 4.56. The Hall–Kier alpha value is -0.160. The summed E-state index contributed by atoms with van der Waals surface area (Å²) >= 11 is 0. The number of hydrogen-bond acceptors (Lipinski definition) is 4. The lowest BCUT2D eigenvalue weighted by molar-refractivity contribution is 0.0434. The highest BCUT2D eigenvalue weighted by atomic mass is 16.3. The molecule has 0 aromatic carbocycles. The van der Waals surface area contributed by atoms with Crippen molar-refractivity contribution in [3.63, 3.8) is 0 Å². The Kier molecular flexibility index (Phi) is 3.94. The van der Waals surface area contributed by atoms with Crippen molar-refractivity contribution < 1.29 is 10.2 Å². The summed E-state index contributed by atoms with van der Waals surface area (Å²) in [5.74, 6) is 0. The fourth-order valence-corrected chi connectivity index (χ4v) is 1.39. The first-order valence-corrected chi connectivity index (χ1v) is 4.42. The summed E-state index contributed by atoms with van der Waals surface area (Å²) in [7, 11) is 2.10. The maximum atomic E-state index is 9.17. The monoisotopic (exact) mass is 174 g/mol. The van der Waals surface area contributed by atoms with E-state index in [0.717, 1.165) is 26.2 Å². The van der Waals surface area contributed by atoms with Crippen LogP contribution in [0.5, 0.6) is 0 Å². The summed E-state index contributed by atoms with van der Waals surface area (Å²) in [4.78, 5) is 4.45. The Bertz CT molecular complexity index is 124. The molecule has 1 aliphatic heterocycles. The molecule has 12 heavy (non-hydrogen) atoms. The van der Waals surface area contributed by atoms with Crippen LogP contribution in [0.15, 0.2) is 0 Å². The molecule has 0 aliphatic carbocycles. The van der Waals surface area contributed by atoms with Gasteiger partial charge in [0.1, 0.15) is 0 Å². The maximum absolute atomic E-state index is 9.17. The number of hydrogen-bond donors (Lipinski definition) is 2. The molecular weight excluding hydrogens is 156 g/mol. The van der Waals surface area contributed by atoms with Crippen molar-refractivity contribution in [3.8, 4) is 0 Å². The van der Waals surface area contributed by atoms with E-state index in [9.17, 15) is 5.11 Å². The Morgan fingerprint density at radius 2 is 1.83 bits per heavy atom. The van der Waals surface area contributed by atoms with E-state index in [0.29, 0.717) is 6.54 Å². The van der Waals surface area contributed by atoms with E-state index < -0.39 is 6.10 Å². The quantitative estimate of drug-likeness (QED) is 0.552.